The highest BCUT2D eigenvalue weighted by atomic mass is 19.1. The highest BCUT2D eigenvalue weighted by Gasteiger charge is 2.28. The monoisotopic (exact) mass is 363 g/mol. The highest BCUT2D eigenvalue weighted by Crippen LogP contribution is 2.20. The first kappa shape index (κ1) is 19.0. The fraction of sp³-hybridized carbons (Fsp3) is 0.550. The van der Waals surface area contributed by atoms with Gasteiger partial charge in [0, 0.05) is 30.3 Å². The second-order valence-corrected chi connectivity index (χ2v) is 7.35. The molecular weight excluding hydrogens is 336 g/mol. The SMILES string of the molecule is CN1CCC(N2CCC[C@H](NC(=O)/C=C/c3c(F)cccc3F)C2)CC1. The van der Waals surface area contributed by atoms with Crippen molar-refractivity contribution in [2.75, 3.05) is 33.2 Å². The van der Waals surface area contributed by atoms with Gasteiger partial charge in [-0.3, -0.25) is 9.69 Å². The third-order valence-electron chi connectivity index (χ3n) is 5.40. The van der Waals surface area contributed by atoms with E-state index in [1.54, 1.807) is 0 Å². The van der Waals surface area contributed by atoms with Gasteiger partial charge in [0.05, 0.1) is 0 Å². The van der Waals surface area contributed by atoms with Gasteiger partial charge in [0.2, 0.25) is 5.91 Å². The lowest BCUT2D eigenvalue weighted by atomic mass is 9.98. The van der Waals surface area contributed by atoms with Crippen LogP contribution in [0.4, 0.5) is 8.78 Å². The fourth-order valence-electron chi connectivity index (χ4n) is 3.89. The number of piperidine rings is 2. The maximum Gasteiger partial charge on any atom is 0.244 e. The molecule has 0 saturated carbocycles. The number of carbonyl (C=O) groups is 1. The molecule has 0 unspecified atom stereocenters. The second-order valence-electron chi connectivity index (χ2n) is 7.35. The molecule has 1 N–H and O–H groups in total. The van der Waals surface area contributed by atoms with Crippen LogP contribution in [0.2, 0.25) is 0 Å². The zero-order chi connectivity index (χ0) is 18.5. The lowest BCUT2D eigenvalue weighted by Crippen LogP contribution is -2.53. The maximum absolute atomic E-state index is 13.6. The molecule has 2 saturated heterocycles. The zero-order valence-corrected chi connectivity index (χ0v) is 15.3. The van der Waals surface area contributed by atoms with E-state index in [1.165, 1.54) is 43.2 Å². The van der Waals surface area contributed by atoms with E-state index >= 15 is 0 Å². The van der Waals surface area contributed by atoms with Gasteiger partial charge in [-0.1, -0.05) is 6.07 Å². The zero-order valence-electron chi connectivity index (χ0n) is 15.3. The van der Waals surface area contributed by atoms with Crippen LogP contribution in [-0.2, 0) is 4.79 Å². The number of hydrogen-bond acceptors (Lipinski definition) is 3. The van der Waals surface area contributed by atoms with E-state index in [4.69, 9.17) is 0 Å². The van der Waals surface area contributed by atoms with Gasteiger partial charge >= 0.3 is 0 Å². The number of nitrogens with zero attached hydrogens (tertiary/aromatic N) is 2. The summed E-state index contributed by atoms with van der Waals surface area (Å²) < 4.78 is 27.2. The normalized spacial score (nSPS) is 23.4. The van der Waals surface area contributed by atoms with Gasteiger partial charge in [-0.05, 0) is 70.6 Å². The van der Waals surface area contributed by atoms with Crippen molar-refractivity contribution < 1.29 is 13.6 Å². The molecule has 2 heterocycles. The highest BCUT2D eigenvalue weighted by molar-refractivity contribution is 5.92. The summed E-state index contributed by atoms with van der Waals surface area (Å²) in [6.45, 7) is 4.17. The van der Waals surface area contributed by atoms with Gasteiger partial charge in [0.1, 0.15) is 11.6 Å². The molecule has 4 nitrogen and oxygen atoms in total. The molecule has 26 heavy (non-hydrogen) atoms. The Kier molecular flexibility index (Phi) is 6.38. The summed E-state index contributed by atoms with van der Waals surface area (Å²) >= 11 is 0. The van der Waals surface area contributed by atoms with Gasteiger partial charge in [0.15, 0.2) is 0 Å². The molecule has 2 aliphatic heterocycles. The summed E-state index contributed by atoms with van der Waals surface area (Å²) in [6, 6.07) is 4.35. The number of halogens is 2. The summed E-state index contributed by atoms with van der Waals surface area (Å²) in [5.41, 5.74) is -0.181. The predicted octanol–water partition coefficient (Wildman–Crippen LogP) is 2.65. The average molecular weight is 363 g/mol. The first-order chi connectivity index (χ1) is 12.5. The molecule has 2 fully saturated rings. The molecule has 0 spiro atoms. The molecule has 0 aromatic heterocycles. The van der Waals surface area contributed by atoms with E-state index in [2.05, 4.69) is 22.2 Å². The van der Waals surface area contributed by atoms with E-state index in [1.807, 2.05) is 0 Å². The molecule has 0 aliphatic carbocycles. The Balaban J connectivity index is 1.53. The summed E-state index contributed by atoms with van der Waals surface area (Å²) in [4.78, 5) is 17.0. The lowest BCUT2D eigenvalue weighted by Gasteiger charge is -2.41. The molecule has 0 bridgehead atoms. The van der Waals surface area contributed by atoms with Gasteiger partial charge in [-0.2, -0.15) is 0 Å². The summed E-state index contributed by atoms with van der Waals surface area (Å²) in [6.07, 6.45) is 6.76. The van der Waals surface area contributed by atoms with Crippen LogP contribution in [0.15, 0.2) is 24.3 Å². The first-order valence-electron chi connectivity index (χ1n) is 9.38. The molecule has 142 valence electrons. The van der Waals surface area contributed by atoms with Crippen LogP contribution < -0.4 is 5.32 Å². The average Bonchev–Trinajstić information content (AvgIpc) is 2.62. The molecule has 1 amide bonds. The summed E-state index contributed by atoms with van der Waals surface area (Å²) in [5.74, 6) is -1.64. The molecule has 1 atom stereocenters. The Morgan fingerprint density at radius 1 is 1.15 bits per heavy atom. The van der Waals surface area contributed by atoms with E-state index in [-0.39, 0.29) is 17.5 Å². The van der Waals surface area contributed by atoms with Gasteiger partial charge in [-0.25, -0.2) is 8.78 Å². The van der Waals surface area contributed by atoms with Crippen LogP contribution >= 0.6 is 0 Å². The number of amides is 1. The van der Waals surface area contributed by atoms with Crippen LogP contribution in [0, 0.1) is 11.6 Å². The number of benzene rings is 1. The standard InChI is InChI=1S/C20H27F2N3O/c1-24-12-9-16(10-13-24)25-11-3-4-15(14-25)23-20(26)8-7-17-18(21)5-2-6-19(17)22/h2,5-8,15-16H,3-4,9-14H2,1H3,(H,23,26)/b8-7+/t15-/m0/s1. The maximum atomic E-state index is 13.6. The fourth-order valence-corrected chi connectivity index (χ4v) is 3.89. The third kappa shape index (κ3) is 4.89. The Morgan fingerprint density at radius 3 is 2.54 bits per heavy atom. The Morgan fingerprint density at radius 2 is 1.85 bits per heavy atom. The van der Waals surface area contributed by atoms with Crippen molar-refractivity contribution in [3.8, 4) is 0 Å². The van der Waals surface area contributed by atoms with E-state index in [0.29, 0.717) is 6.04 Å². The van der Waals surface area contributed by atoms with Gasteiger partial charge in [0.25, 0.3) is 0 Å². The van der Waals surface area contributed by atoms with E-state index < -0.39 is 11.6 Å². The number of nitrogens with one attached hydrogen (secondary N) is 1. The molecule has 2 aliphatic rings. The number of likely N-dealkylation sites (tertiary alicyclic amines) is 2. The number of carbonyl (C=O) groups excluding carboxylic acids is 1. The van der Waals surface area contributed by atoms with Crippen molar-refractivity contribution in [2.24, 2.45) is 0 Å². The van der Waals surface area contributed by atoms with Crippen LogP contribution in [-0.4, -0.2) is 61.0 Å². The first-order valence-corrected chi connectivity index (χ1v) is 9.38. The lowest BCUT2D eigenvalue weighted by molar-refractivity contribution is -0.117. The number of rotatable bonds is 4. The van der Waals surface area contributed by atoms with Gasteiger partial charge < -0.3 is 10.2 Å². The minimum Gasteiger partial charge on any atom is -0.349 e. The molecule has 0 radical (unpaired) electrons. The summed E-state index contributed by atoms with van der Waals surface area (Å²) in [5, 5.41) is 2.98. The van der Waals surface area contributed by atoms with Crippen molar-refractivity contribution in [1.82, 2.24) is 15.1 Å². The molecule has 3 rings (SSSR count). The third-order valence-corrected chi connectivity index (χ3v) is 5.40. The summed E-state index contributed by atoms with van der Waals surface area (Å²) in [7, 11) is 2.15. The van der Waals surface area contributed by atoms with Gasteiger partial charge in [-0.15, -0.1) is 0 Å². The van der Waals surface area contributed by atoms with Crippen molar-refractivity contribution in [1.29, 1.82) is 0 Å². The molecule has 1 aromatic carbocycles. The van der Waals surface area contributed by atoms with E-state index in [0.717, 1.165) is 39.0 Å². The minimum absolute atomic E-state index is 0.0889. The molecule has 1 aromatic rings. The predicted molar refractivity (Wildman–Crippen MR) is 98.6 cm³/mol. The van der Waals surface area contributed by atoms with Crippen molar-refractivity contribution in [3.63, 3.8) is 0 Å². The smallest absolute Gasteiger partial charge is 0.244 e. The van der Waals surface area contributed by atoms with Crippen LogP contribution in [0.5, 0.6) is 0 Å². The number of hydrogen-bond donors (Lipinski definition) is 1. The molecular formula is C20H27F2N3O. The van der Waals surface area contributed by atoms with Crippen molar-refractivity contribution in [2.45, 2.75) is 37.8 Å². The molecule has 6 heteroatoms. The quantitative estimate of drug-likeness (QED) is 0.836. The van der Waals surface area contributed by atoms with Crippen LogP contribution in [0.25, 0.3) is 6.08 Å². The van der Waals surface area contributed by atoms with Crippen LogP contribution in [0.1, 0.15) is 31.2 Å². The topological polar surface area (TPSA) is 35.6 Å². The largest absolute Gasteiger partial charge is 0.349 e. The van der Waals surface area contributed by atoms with Crippen LogP contribution in [0.3, 0.4) is 0 Å². The Bertz CT molecular complexity index is 636. The Hall–Kier alpha value is -1.79. The van der Waals surface area contributed by atoms with Crippen molar-refractivity contribution >= 4 is 12.0 Å². The van der Waals surface area contributed by atoms with E-state index in [9.17, 15) is 13.6 Å². The Labute approximate surface area is 153 Å². The van der Waals surface area contributed by atoms with Crippen molar-refractivity contribution in [3.05, 3.63) is 41.5 Å². The second kappa shape index (κ2) is 8.73. The minimum atomic E-state index is -0.667.